The van der Waals surface area contributed by atoms with E-state index < -0.39 is 0 Å². The minimum absolute atomic E-state index is 0.248. The second-order valence-electron chi connectivity index (χ2n) is 5.46. The molecule has 0 bridgehead atoms. The summed E-state index contributed by atoms with van der Waals surface area (Å²) in [7, 11) is 0. The van der Waals surface area contributed by atoms with Gasteiger partial charge in [0.2, 0.25) is 0 Å². The average molecular weight is 253 g/mol. The van der Waals surface area contributed by atoms with E-state index >= 15 is 0 Å². The molecule has 0 spiro atoms. The Morgan fingerprint density at radius 2 is 2.00 bits per heavy atom. The van der Waals surface area contributed by atoms with E-state index in [9.17, 15) is 0 Å². The highest BCUT2D eigenvalue weighted by Gasteiger charge is 2.24. The highest BCUT2D eigenvalue weighted by molar-refractivity contribution is 6.30. The van der Waals surface area contributed by atoms with Crippen molar-refractivity contribution in [2.45, 2.75) is 25.8 Å². The fraction of sp³-hybridized carbons (Fsp3) is 0.571. The molecule has 1 aliphatic heterocycles. The van der Waals surface area contributed by atoms with Gasteiger partial charge in [0.15, 0.2) is 0 Å². The van der Waals surface area contributed by atoms with Crippen LogP contribution in [0.5, 0.6) is 0 Å². The van der Waals surface area contributed by atoms with E-state index in [2.05, 4.69) is 36.2 Å². The second kappa shape index (κ2) is 5.38. The van der Waals surface area contributed by atoms with Gasteiger partial charge in [-0.1, -0.05) is 23.7 Å². The van der Waals surface area contributed by atoms with Gasteiger partial charge in [0.1, 0.15) is 0 Å². The van der Waals surface area contributed by atoms with Crippen LogP contribution in [0, 0.1) is 0 Å². The van der Waals surface area contributed by atoms with Gasteiger partial charge >= 0.3 is 0 Å². The summed E-state index contributed by atoms with van der Waals surface area (Å²) in [5.74, 6) is 0. The molecule has 94 valence electrons. The molecule has 1 N–H and O–H groups in total. The molecule has 2 rings (SSSR count). The van der Waals surface area contributed by atoms with Gasteiger partial charge < -0.3 is 5.32 Å². The highest BCUT2D eigenvalue weighted by atomic mass is 35.5. The van der Waals surface area contributed by atoms with Crippen molar-refractivity contribution in [2.75, 3.05) is 26.2 Å². The topological polar surface area (TPSA) is 15.3 Å². The van der Waals surface area contributed by atoms with E-state index in [4.69, 9.17) is 11.6 Å². The highest BCUT2D eigenvalue weighted by Crippen LogP contribution is 2.13. The number of benzene rings is 1. The summed E-state index contributed by atoms with van der Waals surface area (Å²) in [6, 6.07) is 8.18. The monoisotopic (exact) mass is 252 g/mol. The SMILES string of the molecule is CC1(C)CN(CCc2ccc(Cl)cc2)CCN1. The van der Waals surface area contributed by atoms with E-state index in [0.29, 0.717) is 0 Å². The first-order valence-electron chi connectivity index (χ1n) is 6.27. The van der Waals surface area contributed by atoms with Crippen LogP contribution in [0.15, 0.2) is 24.3 Å². The van der Waals surface area contributed by atoms with Crippen molar-refractivity contribution in [1.29, 1.82) is 0 Å². The van der Waals surface area contributed by atoms with Crippen LogP contribution in [0.1, 0.15) is 19.4 Å². The first-order valence-corrected chi connectivity index (χ1v) is 6.65. The minimum atomic E-state index is 0.248. The van der Waals surface area contributed by atoms with E-state index in [0.717, 1.165) is 37.6 Å². The molecule has 0 aliphatic carbocycles. The lowest BCUT2D eigenvalue weighted by Gasteiger charge is -2.39. The maximum Gasteiger partial charge on any atom is 0.0406 e. The van der Waals surface area contributed by atoms with Gasteiger partial charge in [0.05, 0.1) is 0 Å². The van der Waals surface area contributed by atoms with E-state index in [1.807, 2.05) is 12.1 Å². The fourth-order valence-electron chi connectivity index (χ4n) is 2.38. The number of hydrogen-bond acceptors (Lipinski definition) is 2. The van der Waals surface area contributed by atoms with E-state index in [1.165, 1.54) is 5.56 Å². The lowest BCUT2D eigenvalue weighted by atomic mass is 10.0. The number of halogens is 1. The molecule has 17 heavy (non-hydrogen) atoms. The Kier molecular flexibility index (Phi) is 4.08. The van der Waals surface area contributed by atoms with Crippen LogP contribution in [-0.4, -0.2) is 36.6 Å². The zero-order valence-corrected chi connectivity index (χ0v) is 11.4. The van der Waals surface area contributed by atoms with Crippen molar-refractivity contribution in [3.8, 4) is 0 Å². The van der Waals surface area contributed by atoms with Crippen molar-refractivity contribution < 1.29 is 0 Å². The Bertz CT molecular complexity index is 359. The maximum absolute atomic E-state index is 5.88. The molecule has 1 heterocycles. The van der Waals surface area contributed by atoms with Gasteiger partial charge in [0.25, 0.3) is 0 Å². The van der Waals surface area contributed by atoms with Crippen molar-refractivity contribution >= 4 is 11.6 Å². The van der Waals surface area contributed by atoms with Gasteiger partial charge in [0, 0.05) is 36.7 Å². The average Bonchev–Trinajstić information content (AvgIpc) is 2.27. The largest absolute Gasteiger partial charge is 0.309 e. The summed E-state index contributed by atoms with van der Waals surface area (Å²) in [6.45, 7) is 9.03. The van der Waals surface area contributed by atoms with Gasteiger partial charge in [-0.2, -0.15) is 0 Å². The van der Waals surface area contributed by atoms with Gasteiger partial charge in [-0.25, -0.2) is 0 Å². The summed E-state index contributed by atoms with van der Waals surface area (Å²) in [5, 5.41) is 4.35. The van der Waals surface area contributed by atoms with Crippen LogP contribution >= 0.6 is 11.6 Å². The third-order valence-electron chi connectivity index (χ3n) is 3.28. The normalized spacial score (nSPS) is 20.4. The zero-order chi connectivity index (χ0) is 12.3. The summed E-state index contributed by atoms with van der Waals surface area (Å²) in [6.07, 6.45) is 1.10. The zero-order valence-electron chi connectivity index (χ0n) is 10.7. The first-order chi connectivity index (χ1) is 8.05. The number of rotatable bonds is 3. The standard InChI is InChI=1S/C14H21ClN2/c1-14(2)11-17(10-8-16-14)9-7-12-3-5-13(15)6-4-12/h3-6,16H,7-11H2,1-2H3. The van der Waals surface area contributed by atoms with Crippen LogP contribution in [0.3, 0.4) is 0 Å². The van der Waals surface area contributed by atoms with Crippen LogP contribution in [0.2, 0.25) is 5.02 Å². The molecule has 1 aliphatic rings. The van der Waals surface area contributed by atoms with Crippen molar-refractivity contribution in [3.05, 3.63) is 34.9 Å². The van der Waals surface area contributed by atoms with E-state index in [1.54, 1.807) is 0 Å². The summed E-state index contributed by atoms with van der Waals surface area (Å²) < 4.78 is 0. The molecule has 0 amide bonds. The van der Waals surface area contributed by atoms with Gasteiger partial charge in [-0.15, -0.1) is 0 Å². The second-order valence-corrected chi connectivity index (χ2v) is 5.90. The van der Waals surface area contributed by atoms with Crippen LogP contribution in [0.4, 0.5) is 0 Å². The van der Waals surface area contributed by atoms with E-state index in [-0.39, 0.29) is 5.54 Å². The molecular formula is C14H21ClN2. The van der Waals surface area contributed by atoms with Crippen molar-refractivity contribution in [3.63, 3.8) is 0 Å². The lowest BCUT2D eigenvalue weighted by molar-refractivity contribution is 0.156. The fourth-order valence-corrected chi connectivity index (χ4v) is 2.50. The Balaban J connectivity index is 1.84. The predicted octanol–water partition coefficient (Wildman–Crippen LogP) is 2.57. The lowest BCUT2D eigenvalue weighted by Crippen LogP contribution is -2.57. The van der Waals surface area contributed by atoms with Crippen LogP contribution in [-0.2, 0) is 6.42 Å². The van der Waals surface area contributed by atoms with Crippen molar-refractivity contribution in [1.82, 2.24) is 10.2 Å². The van der Waals surface area contributed by atoms with Crippen LogP contribution in [0.25, 0.3) is 0 Å². The third-order valence-corrected chi connectivity index (χ3v) is 3.53. The molecule has 1 saturated heterocycles. The summed E-state index contributed by atoms with van der Waals surface area (Å²) >= 11 is 5.88. The minimum Gasteiger partial charge on any atom is -0.309 e. The Hall–Kier alpha value is -0.570. The molecule has 1 aromatic rings. The first kappa shape index (κ1) is 12.9. The molecule has 0 aromatic heterocycles. The molecule has 0 atom stereocenters. The Labute approximate surface area is 109 Å². The predicted molar refractivity (Wildman–Crippen MR) is 73.7 cm³/mol. The quantitative estimate of drug-likeness (QED) is 0.890. The summed E-state index contributed by atoms with van der Waals surface area (Å²) in [5.41, 5.74) is 1.61. The van der Waals surface area contributed by atoms with Crippen LogP contribution < -0.4 is 5.32 Å². The molecule has 0 saturated carbocycles. The number of piperazine rings is 1. The number of nitrogens with one attached hydrogen (secondary N) is 1. The number of nitrogens with zero attached hydrogens (tertiary/aromatic N) is 1. The molecule has 3 heteroatoms. The molecule has 2 nitrogen and oxygen atoms in total. The molecule has 1 aromatic carbocycles. The number of hydrogen-bond donors (Lipinski definition) is 1. The molecule has 1 fully saturated rings. The van der Waals surface area contributed by atoms with Gasteiger partial charge in [-0.05, 0) is 38.0 Å². The smallest absolute Gasteiger partial charge is 0.0406 e. The third kappa shape index (κ3) is 3.98. The molecule has 0 unspecified atom stereocenters. The molecular weight excluding hydrogens is 232 g/mol. The molecule has 0 radical (unpaired) electrons. The Morgan fingerprint density at radius 1 is 1.29 bits per heavy atom. The van der Waals surface area contributed by atoms with Gasteiger partial charge in [-0.3, -0.25) is 4.90 Å². The van der Waals surface area contributed by atoms with Crippen molar-refractivity contribution in [2.24, 2.45) is 0 Å². The maximum atomic E-state index is 5.88. The summed E-state index contributed by atoms with van der Waals surface area (Å²) in [4.78, 5) is 2.53. The Morgan fingerprint density at radius 3 is 2.65 bits per heavy atom.